The molecular weight excluding hydrogens is 250 g/mol. The van der Waals surface area contributed by atoms with Crippen LogP contribution in [0.1, 0.15) is 11.3 Å². The van der Waals surface area contributed by atoms with Gasteiger partial charge < -0.3 is 10.1 Å². The van der Waals surface area contributed by atoms with Crippen LogP contribution < -0.4 is 10.1 Å². The van der Waals surface area contributed by atoms with Gasteiger partial charge in [0.1, 0.15) is 11.6 Å². The highest BCUT2D eigenvalue weighted by Gasteiger charge is 2.06. The Labute approximate surface area is 111 Å². The average molecular weight is 264 g/mol. The SMILES string of the molecule is COc1ccc(C)cc1Nc1cc(C)nc(Cl)n1. The van der Waals surface area contributed by atoms with E-state index in [9.17, 15) is 0 Å². The molecule has 0 bridgehead atoms. The normalized spacial score (nSPS) is 10.2. The molecule has 5 heteroatoms. The molecule has 1 aromatic heterocycles. The molecule has 0 atom stereocenters. The fourth-order valence-electron chi connectivity index (χ4n) is 1.65. The molecule has 2 rings (SSSR count). The van der Waals surface area contributed by atoms with Crippen LogP contribution in [0.2, 0.25) is 5.28 Å². The number of hydrogen-bond acceptors (Lipinski definition) is 4. The van der Waals surface area contributed by atoms with E-state index in [2.05, 4.69) is 15.3 Å². The smallest absolute Gasteiger partial charge is 0.224 e. The number of anilines is 2. The van der Waals surface area contributed by atoms with Crippen LogP contribution in [0.3, 0.4) is 0 Å². The summed E-state index contributed by atoms with van der Waals surface area (Å²) in [4.78, 5) is 8.14. The van der Waals surface area contributed by atoms with Crippen molar-refractivity contribution in [3.8, 4) is 5.75 Å². The standard InChI is InChI=1S/C13H14ClN3O/c1-8-4-5-11(18-3)10(6-8)16-12-7-9(2)15-13(14)17-12/h4-7H,1-3H3,(H,15,16,17). The highest BCUT2D eigenvalue weighted by molar-refractivity contribution is 6.28. The van der Waals surface area contributed by atoms with E-state index in [-0.39, 0.29) is 5.28 Å². The Balaban J connectivity index is 2.35. The van der Waals surface area contributed by atoms with Crippen molar-refractivity contribution in [3.05, 3.63) is 40.8 Å². The molecule has 0 saturated carbocycles. The van der Waals surface area contributed by atoms with Gasteiger partial charge in [-0.25, -0.2) is 9.97 Å². The second-order valence-electron chi connectivity index (χ2n) is 3.99. The van der Waals surface area contributed by atoms with Gasteiger partial charge in [-0.2, -0.15) is 0 Å². The molecule has 0 aliphatic carbocycles. The van der Waals surface area contributed by atoms with Crippen molar-refractivity contribution in [2.24, 2.45) is 0 Å². The van der Waals surface area contributed by atoms with E-state index >= 15 is 0 Å². The van der Waals surface area contributed by atoms with Crippen LogP contribution in [0, 0.1) is 13.8 Å². The van der Waals surface area contributed by atoms with Crippen molar-refractivity contribution in [1.29, 1.82) is 0 Å². The minimum absolute atomic E-state index is 0.226. The zero-order valence-corrected chi connectivity index (χ0v) is 11.2. The first-order chi connectivity index (χ1) is 8.58. The number of ether oxygens (including phenoxy) is 1. The number of halogens is 1. The molecule has 0 aliphatic heterocycles. The van der Waals surface area contributed by atoms with Gasteiger partial charge in [-0.05, 0) is 43.1 Å². The maximum Gasteiger partial charge on any atom is 0.224 e. The molecule has 1 aromatic carbocycles. The van der Waals surface area contributed by atoms with Gasteiger partial charge >= 0.3 is 0 Å². The van der Waals surface area contributed by atoms with Crippen LogP contribution in [0.4, 0.5) is 11.5 Å². The molecule has 0 fully saturated rings. The zero-order valence-electron chi connectivity index (χ0n) is 10.5. The average Bonchev–Trinajstić information content (AvgIpc) is 2.27. The summed E-state index contributed by atoms with van der Waals surface area (Å²) in [6.07, 6.45) is 0. The van der Waals surface area contributed by atoms with E-state index in [1.807, 2.05) is 38.1 Å². The lowest BCUT2D eigenvalue weighted by molar-refractivity contribution is 0.416. The second kappa shape index (κ2) is 5.23. The van der Waals surface area contributed by atoms with Crippen molar-refractivity contribution < 1.29 is 4.74 Å². The molecule has 94 valence electrons. The Morgan fingerprint density at radius 3 is 2.61 bits per heavy atom. The number of nitrogens with zero attached hydrogens (tertiary/aromatic N) is 2. The van der Waals surface area contributed by atoms with E-state index in [1.165, 1.54) is 0 Å². The fourth-order valence-corrected chi connectivity index (χ4v) is 1.88. The zero-order chi connectivity index (χ0) is 13.1. The van der Waals surface area contributed by atoms with E-state index in [0.717, 1.165) is 22.7 Å². The van der Waals surface area contributed by atoms with Crippen LogP contribution in [0.25, 0.3) is 0 Å². The molecule has 0 spiro atoms. The summed E-state index contributed by atoms with van der Waals surface area (Å²) in [5.74, 6) is 1.41. The number of rotatable bonds is 3. The molecular formula is C13H14ClN3O. The van der Waals surface area contributed by atoms with Crippen molar-refractivity contribution in [2.75, 3.05) is 12.4 Å². The van der Waals surface area contributed by atoms with Gasteiger partial charge in [-0.1, -0.05) is 6.07 Å². The Kier molecular flexibility index (Phi) is 3.67. The number of aryl methyl sites for hydroxylation is 2. The quantitative estimate of drug-likeness (QED) is 0.861. The van der Waals surface area contributed by atoms with E-state index < -0.39 is 0 Å². The number of aromatic nitrogens is 2. The first-order valence-corrected chi connectivity index (χ1v) is 5.89. The van der Waals surface area contributed by atoms with Crippen molar-refractivity contribution in [1.82, 2.24) is 9.97 Å². The summed E-state index contributed by atoms with van der Waals surface area (Å²) in [5, 5.41) is 3.41. The fraction of sp³-hybridized carbons (Fsp3) is 0.231. The van der Waals surface area contributed by atoms with Gasteiger partial charge in [-0.15, -0.1) is 0 Å². The van der Waals surface area contributed by atoms with Crippen LogP contribution >= 0.6 is 11.6 Å². The number of methoxy groups -OCH3 is 1. The topological polar surface area (TPSA) is 47.0 Å². The number of nitrogens with one attached hydrogen (secondary N) is 1. The van der Waals surface area contributed by atoms with Gasteiger partial charge in [0.15, 0.2) is 0 Å². The second-order valence-corrected chi connectivity index (χ2v) is 4.33. The van der Waals surface area contributed by atoms with Crippen LogP contribution in [-0.2, 0) is 0 Å². The molecule has 18 heavy (non-hydrogen) atoms. The van der Waals surface area contributed by atoms with E-state index in [4.69, 9.17) is 16.3 Å². The molecule has 4 nitrogen and oxygen atoms in total. The first-order valence-electron chi connectivity index (χ1n) is 5.51. The predicted octanol–water partition coefficient (Wildman–Crippen LogP) is 3.50. The van der Waals surface area contributed by atoms with Crippen molar-refractivity contribution in [2.45, 2.75) is 13.8 Å². The van der Waals surface area contributed by atoms with Crippen LogP contribution in [0.15, 0.2) is 24.3 Å². The predicted molar refractivity (Wildman–Crippen MR) is 72.8 cm³/mol. The molecule has 0 aliphatic rings. The summed E-state index contributed by atoms with van der Waals surface area (Å²) < 4.78 is 5.29. The largest absolute Gasteiger partial charge is 0.495 e. The molecule has 0 unspecified atom stereocenters. The highest BCUT2D eigenvalue weighted by Crippen LogP contribution is 2.28. The number of benzene rings is 1. The molecule has 0 saturated heterocycles. The van der Waals surface area contributed by atoms with Crippen molar-refractivity contribution in [3.63, 3.8) is 0 Å². The van der Waals surface area contributed by atoms with Crippen molar-refractivity contribution >= 4 is 23.1 Å². The third-order valence-corrected chi connectivity index (χ3v) is 2.61. The van der Waals surface area contributed by atoms with Crippen LogP contribution in [-0.4, -0.2) is 17.1 Å². The summed E-state index contributed by atoms with van der Waals surface area (Å²) >= 11 is 5.83. The maximum atomic E-state index is 5.83. The molecule has 0 radical (unpaired) electrons. The van der Waals surface area contributed by atoms with E-state index in [0.29, 0.717) is 5.82 Å². The van der Waals surface area contributed by atoms with Crippen LogP contribution in [0.5, 0.6) is 5.75 Å². The van der Waals surface area contributed by atoms with E-state index in [1.54, 1.807) is 7.11 Å². The monoisotopic (exact) mass is 263 g/mol. The molecule has 1 heterocycles. The van der Waals surface area contributed by atoms with Gasteiger partial charge in [0.2, 0.25) is 5.28 Å². The van der Waals surface area contributed by atoms with Gasteiger partial charge in [-0.3, -0.25) is 0 Å². The Hall–Kier alpha value is -1.81. The number of hydrogen-bond donors (Lipinski definition) is 1. The Bertz CT molecular complexity index is 552. The molecule has 0 amide bonds. The lowest BCUT2D eigenvalue weighted by Gasteiger charge is -2.11. The third kappa shape index (κ3) is 2.90. The summed E-state index contributed by atoms with van der Waals surface area (Å²) in [5.41, 5.74) is 2.80. The summed E-state index contributed by atoms with van der Waals surface area (Å²) in [6, 6.07) is 7.72. The lowest BCUT2D eigenvalue weighted by Crippen LogP contribution is -1.99. The Morgan fingerprint density at radius 1 is 1.17 bits per heavy atom. The third-order valence-electron chi connectivity index (χ3n) is 2.44. The minimum Gasteiger partial charge on any atom is -0.495 e. The minimum atomic E-state index is 0.226. The summed E-state index contributed by atoms with van der Waals surface area (Å²) in [6.45, 7) is 3.88. The van der Waals surface area contributed by atoms with Gasteiger partial charge in [0.05, 0.1) is 12.8 Å². The molecule has 2 aromatic rings. The Morgan fingerprint density at radius 2 is 1.94 bits per heavy atom. The van der Waals surface area contributed by atoms with Gasteiger partial charge in [0.25, 0.3) is 0 Å². The highest BCUT2D eigenvalue weighted by atomic mass is 35.5. The lowest BCUT2D eigenvalue weighted by atomic mass is 10.2. The maximum absolute atomic E-state index is 5.83. The molecule has 1 N–H and O–H groups in total. The first kappa shape index (κ1) is 12.6. The van der Waals surface area contributed by atoms with Gasteiger partial charge in [0, 0.05) is 11.8 Å². The summed E-state index contributed by atoms with van der Waals surface area (Å²) in [7, 11) is 1.63.